The van der Waals surface area contributed by atoms with E-state index in [1.54, 1.807) is 0 Å². The number of rotatable bonds is 1. The minimum atomic E-state index is 0. The number of fused-ring (bicyclic) bond motifs is 6. The largest absolute Gasteiger partial charge is 0.0776 e. The second-order valence-corrected chi connectivity index (χ2v) is 8.56. The van der Waals surface area contributed by atoms with Crippen molar-refractivity contribution >= 4 is 43.1 Å². The van der Waals surface area contributed by atoms with Crippen molar-refractivity contribution in [3.63, 3.8) is 0 Å². The van der Waals surface area contributed by atoms with Crippen LogP contribution in [-0.4, -0.2) is 0 Å². The third kappa shape index (κ3) is 5.25. The van der Waals surface area contributed by atoms with Gasteiger partial charge in [-0.25, -0.2) is 0 Å². The van der Waals surface area contributed by atoms with Gasteiger partial charge in [-0.2, -0.15) is 0 Å². The first-order valence-electron chi connectivity index (χ1n) is 12.7. The summed E-state index contributed by atoms with van der Waals surface area (Å²) in [6.07, 6.45) is 0. The van der Waals surface area contributed by atoms with E-state index in [9.17, 15) is 0 Å². The van der Waals surface area contributed by atoms with Crippen molar-refractivity contribution in [3.8, 4) is 11.1 Å². The summed E-state index contributed by atoms with van der Waals surface area (Å²) in [6.45, 7) is 4.00. The molecule has 0 bridgehead atoms. The highest BCUT2D eigenvalue weighted by atomic mass is 14.1. The van der Waals surface area contributed by atoms with Crippen molar-refractivity contribution in [3.05, 3.63) is 146 Å². The molecule has 0 fully saturated rings. The molecule has 0 heteroatoms. The molecule has 37 heavy (non-hydrogen) atoms. The van der Waals surface area contributed by atoms with Gasteiger partial charge in [0.15, 0.2) is 0 Å². The SMILES string of the molecule is C.CC.c1ccc(-c2cc3ccccc3c3ccccc23)cc1.c1ccc2c(c1)ccc1ccccc12. The molecule has 0 aliphatic heterocycles. The van der Waals surface area contributed by atoms with Gasteiger partial charge in [-0.3, -0.25) is 0 Å². The van der Waals surface area contributed by atoms with Crippen molar-refractivity contribution in [1.29, 1.82) is 0 Å². The van der Waals surface area contributed by atoms with Gasteiger partial charge in [0, 0.05) is 0 Å². The van der Waals surface area contributed by atoms with Crippen LogP contribution in [0.5, 0.6) is 0 Å². The summed E-state index contributed by atoms with van der Waals surface area (Å²) in [5, 5.41) is 10.6. The maximum Gasteiger partial charge on any atom is -0.00990 e. The molecule has 0 radical (unpaired) electrons. The second-order valence-electron chi connectivity index (χ2n) is 8.56. The van der Waals surface area contributed by atoms with Crippen LogP contribution >= 0.6 is 0 Å². The quantitative estimate of drug-likeness (QED) is 0.206. The Balaban J connectivity index is 0.000000166. The predicted molar refractivity (Wildman–Crippen MR) is 166 cm³/mol. The third-order valence-corrected chi connectivity index (χ3v) is 6.51. The van der Waals surface area contributed by atoms with Crippen LogP contribution < -0.4 is 0 Å². The standard InChI is InChI=1S/C20H14.C14H10.C2H6.CH4/c1-2-8-15(9-3-1)20-14-16-10-4-5-11-17(16)18-12-6-7-13-19(18)20;1-3-7-13-11(5-1)9-10-12-6-2-4-8-14(12)13;1-2;/h1-14H;1-10H;1-2H3;1H4. The Kier molecular flexibility index (Phi) is 8.33. The van der Waals surface area contributed by atoms with Crippen LogP contribution in [0.15, 0.2) is 146 Å². The molecular weight excluding hydrogens is 444 g/mol. The van der Waals surface area contributed by atoms with E-state index in [4.69, 9.17) is 0 Å². The molecule has 0 N–H and O–H groups in total. The normalized spacial score (nSPS) is 10.2. The molecule has 7 aromatic rings. The molecule has 7 rings (SSSR count). The maximum absolute atomic E-state index is 2.30. The summed E-state index contributed by atoms with van der Waals surface area (Å²) in [6, 6.07) is 51.5. The van der Waals surface area contributed by atoms with E-state index < -0.39 is 0 Å². The zero-order valence-corrected chi connectivity index (χ0v) is 20.9. The summed E-state index contributed by atoms with van der Waals surface area (Å²) in [7, 11) is 0. The lowest BCUT2D eigenvalue weighted by Crippen LogP contribution is -1.83. The average molecular weight is 479 g/mol. The molecule has 0 spiro atoms. The molecule has 0 aliphatic rings. The summed E-state index contributed by atoms with van der Waals surface area (Å²) in [5.74, 6) is 0. The smallest absolute Gasteiger partial charge is 0.00990 e. The Labute approximate surface area is 220 Å². The lowest BCUT2D eigenvalue weighted by atomic mass is 9.93. The van der Waals surface area contributed by atoms with Gasteiger partial charge in [-0.15, -0.1) is 0 Å². The lowest BCUT2D eigenvalue weighted by Gasteiger charge is -2.10. The van der Waals surface area contributed by atoms with Gasteiger partial charge in [0.25, 0.3) is 0 Å². The summed E-state index contributed by atoms with van der Waals surface area (Å²) >= 11 is 0. The van der Waals surface area contributed by atoms with Crippen LogP contribution in [0.25, 0.3) is 54.2 Å². The van der Waals surface area contributed by atoms with Gasteiger partial charge < -0.3 is 0 Å². The molecule has 0 unspecified atom stereocenters. The van der Waals surface area contributed by atoms with Crippen molar-refractivity contribution < 1.29 is 0 Å². The van der Waals surface area contributed by atoms with Gasteiger partial charge in [0.2, 0.25) is 0 Å². The molecular formula is C37H34. The highest BCUT2D eigenvalue weighted by Crippen LogP contribution is 2.34. The van der Waals surface area contributed by atoms with E-state index >= 15 is 0 Å². The Morgan fingerprint density at radius 1 is 0.324 bits per heavy atom. The Bertz CT molecular complexity index is 1690. The summed E-state index contributed by atoms with van der Waals surface area (Å²) < 4.78 is 0. The Morgan fingerprint density at radius 3 is 1.24 bits per heavy atom. The monoisotopic (exact) mass is 478 g/mol. The van der Waals surface area contributed by atoms with E-state index in [1.165, 1.54) is 54.2 Å². The van der Waals surface area contributed by atoms with Crippen molar-refractivity contribution in [2.75, 3.05) is 0 Å². The first-order chi connectivity index (χ1) is 17.9. The predicted octanol–water partition coefficient (Wildman–Crippen LogP) is 11.3. The topological polar surface area (TPSA) is 0 Å². The highest BCUT2D eigenvalue weighted by Gasteiger charge is 2.07. The maximum atomic E-state index is 2.30. The van der Waals surface area contributed by atoms with Gasteiger partial charge in [0.05, 0.1) is 0 Å². The fraction of sp³-hybridized carbons (Fsp3) is 0.0811. The number of hydrogen-bond donors (Lipinski definition) is 0. The molecule has 0 saturated carbocycles. The lowest BCUT2D eigenvalue weighted by molar-refractivity contribution is 1.50. The van der Waals surface area contributed by atoms with Gasteiger partial charge in [-0.1, -0.05) is 161 Å². The number of hydrogen-bond acceptors (Lipinski definition) is 0. The van der Waals surface area contributed by atoms with Crippen molar-refractivity contribution in [2.24, 2.45) is 0 Å². The number of benzene rings is 7. The molecule has 0 saturated heterocycles. The van der Waals surface area contributed by atoms with Crippen LogP contribution in [0, 0.1) is 0 Å². The van der Waals surface area contributed by atoms with Crippen LogP contribution in [0.3, 0.4) is 0 Å². The molecule has 0 aliphatic carbocycles. The molecule has 0 amide bonds. The van der Waals surface area contributed by atoms with Crippen LogP contribution in [0.4, 0.5) is 0 Å². The fourth-order valence-corrected chi connectivity index (χ4v) is 4.87. The van der Waals surface area contributed by atoms with E-state index in [0.717, 1.165) is 0 Å². The van der Waals surface area contributed by atoms with Gasteiger partial charge >= 0.3 is 0 Å². The zero-order valence-electron chi connectivity index (χ0n) is 20.9. The van der Waals surface area contributed by atoms with E-state index in [0.29, 0.717) is 0 Å². The molecule has 0 atom stereocenters. The first kappa shape index (κ1) is 25.7. The molecule has 0 heterocycles. The first-order valence-corrected chi connectivity index (χ1v) is 12.7. The van der Waals surface area contributed by atoms with Gasteiger partial charge in [0.1, 0.15) is 0 Å². The molecule has 0 nitrogen and oxygen atoms in total. The van der Waals surface area contributed by atoms with Crippen LogP contribution in [-0.2, 0) is 0 Å². The molecule has 7 aromatic carbocycles. The molecule has 182 valence electrons. The van der Waals surface area contributed by atoms with E-state index in [1.807, 2.05) is 13.8 Å². The van der Waals surface area contributed by atoms with Crippen LogP contribution in [0.1, 0.15) is 21.3 Å². The van der Waals surface area contributed by atoms with Crippen molar-refractivity contribution in [1.82, 2.24) is 0 Å². The van der Waals surface area contributed by atoms with E-state index in [-0.39, 0.29) is 7.43 Å². The summed E-state index contributed by atoms with van der Waals surface area (Å²) in [5.41, 5.74) is 2.58. The second kappa shape index (κ2) is 12.0. The minimum absolute atomic E-state index is 0. The fourth-order valence-electron chi connectivity index (χ4n) is 4.87. The highest BCUT2D eigenvalue weighted by molar-refractivity contribution is 6.13. The van der Waals surface area contributed by atoms with Gasteiger partial charge in [-0.05, 0) is 60.3 Å². The summed E-state index contributed by atoms with van der Waals surface area (Å²) in [4.78, 5) is 0. The molecule has 0 aromatic heterocycles. The minimum Gasteiger partial charge on any atom is -0.0776 e. The zero-order chi connectivity index (χ0) is 24.7. The van der Waals surface area contributed by atoms with E-state index in [2.05, 4.69) is 146 Å². The van der Waals surface area contributed by atoms with Crippen molar-refractivity contribution in [2.45, 2.75) is 21.3 Å². The van der Waals surface area contributed by atoms with Crippen LogP contribution in [0.2, 0.25) is 0 Å². The average Bonchev–Trinajstić information content (AvgIpc) is 2.98. The Morgan fingerprint density at radius 2 is 0.703 bits per heavy atom. The Hall–Kier alpha value is -4.42. The third-order valence-electron chi connectivity index (χ3n) is 6.51.